The molecule has 0 radical (unpaired) electrons. The highest BCUT2D eigenvalue weighted by atomic mass is 19.1. The summed E-state index contributed by atoms with van der Waals surface area (Å²) in [7, 11) is 3.19. The molecule has 60 heavy (non-hydrogen) atoms. The molecule has 5 aromatic rings. The van der Waals surface area contributed by atoms with Crippen molar-refractivity contribution in [2.24, 2.45) is 5.41 Å². The first kappa shape index (κ1) is 40.2. The van der Waals surface area contributed by atoms with Crippen LogP contribution in [0, 0.1) is 11.2 Å². The summed E-state index contributed by atoms with van der Waals surface area (Å²) in [5, 5.41) is 9.76. The van der Waals surface area contributed by atoms with E-state index in [4.69, 9.17) is 19.2 Å². The van der Waals surface area contributed by atoms with Crippen LogP contribution < -0.4 is 24.6 Å². The van der Waals surface area contributed by atoms with Gasteiger partial charge in [0, 0.05) is 80.4 Å². The van der Waals surface area contributed by atoms with Crippen molar-refractivity contribution in [2.45, 2.75) is 89.3 Å². The Bertz CT molecular complexity index is 2370. The number of ether oxygens (including phenoxy) is 3. The number of nitrogens with one attached hydrogen (secondary N) is 2. The number of hydrogen-bond acceptors (Lipinski definition) is 10. The minimum absolute atomic E-state index is 0.124. The van der Waals surface area contributed by atoms with E-state index in [1.807, 2.05) is 6.07 Å². The van der Waals surface area contributed by atoms with Gasteiger partial charge in [0.25, 0.3) is 11.8 Å². The minimum Gasteiger partial charge on any atom is -0.481 e. The van der Waals surface area contributed by atoms with Gasteiger partial charge in [-0.2, -0.15) is 4.98 Å². The molecule has 4 fully saturated rings. The number of methoxy groups -OCH3 is 2. The van der Waals surface area contributed by atoms with Crippen LogP contribution in [-0.4, -0.2) is 88.9 Å². The summed E-state index contributed by atoms with van der Waals surface area (Å²) >= 11 is 0. The van der Waals surface area contributed by atoms with Gasteiger partial charge in [-0.1, -0.05) is 44.2 Å². The molecule has 1 spiro atoms. The van der Waals surface area contributed by atoms with Crippen molar-refractivity contribution in [2.75, 3.05) is 51.8 Å². The van der Waals surface area contributed by atoms with Gasteiger partial charge in [-0.15, -0.1) is 0 Å². The number of aromatic nitrogens is 3. The third kappa shape index (κ3) is 7.56. The maximum atomic E-state index is 14.5. The normalized spacial score (nSPS) is 20.3. The number of fused-ring (bicyclic) bond motifs is 1. The zero-order chi connectivity index (χ0) is 41.7. The molecule has 4 aliphatic rings. The van der Waals surface area contributed by atoms with E-state index in [1.165, 1.54) is 61.7 Å². The Morgan fingerprint density at radius 2 is 1.68 bits per heavy atom. The lowest BCUT2D eigenvalue weighted by atomic mass is 9.59. The number of rotatable bonds is 12. The first-order valence-electron chi connectivity index (χ1n) is 21.4. The molecule has 2 atom stereocenters. The molecule has 5 heterocycles. The molecule has 3 aromatic heterocycles. The third-order valence-corrected chi connectivity index (χ3v) is 13.8. The number of carbonyl (C=O) groups excluding carboxylic acids is 1. The molecule has 316 valence electrons. The van der Waals surface area contributed by atoms with Gasteiger partial charge in [-0.05, 0) is 92.0 Å². The van der Waals surface area contributed by atoms with Gasteiger partial charge in [0.2, 0.25) is 5.88 Å². The number of piperidine rings is 1. The number of pyridine rings is 2. The SMILES string of the molecule is COc1nc2[nH]cc(F)c2cc1Oc1cc(N2CCC3(CC2)CC(N2CCN([C@H](C)c4ccc(C5CC5)c(OC)n4)C[C@H]2c2ccccc2C(C)C)C3)ccc1C(=O)NO. The van der Waals surface area contributed by atoms with Gasteiger partial charge in [-0.25, -0.2) is 14.9 Å². The number of benzene rings is 2. The Balaban J connectivity index is 0.903. The molecule has 1 amide bonds. The second kappa shape index (κ2) is 16.3. The molecule has 2 aromatic carbocycles. The highest BCUT2D eigenvalue weighted by molar-refractivity contribution is 5.97. The zero-order valence-corrected chi connectivity index (χ0v) is 35.2. The summed E-state index contributed by atoms with van der Waals surface area (Å²) in [6.45, 7) is 11.6. The Labute approximate surface area is 351 Å². The zero-order valence-electron chi connectivity index (χ0n) is 35.2. The Hall–Kier alpha value is -5.24. The Kier molecular flexibility index (Phi) is 10.9. The van der Waals surface area contributed by atoms with Crippen molar-refractivity contribution in [3.8, 4) is 23.3 Å². The Morgan fingerprint density at radius 3 is 2.40 bits per heavy atom. The lowest BCUT2D eigenvalue weighted by Crippen LogP contribution is -2.60. The number of H-pyrrole nitrogens is 1. The molecule has 3 N–H and O–H groups in total. The van der Waals surface area contributed by atoms with Crippen molar-refractivity contribution in [3.63, 3.8) is 0 Å². The lowest BCUT2D eigenvalue weighted by molar-refractivity contribution is -0.0670. The first-order chi connectivity index (χ1) is 29.1. The summed E-state index contributed by atoms with van der Waals surface area (Å²) in [5.41, 5.74) is 8.52. The van der Waals surface area contributed by atoms with E-state index in [-0.39, 0.29) is 45.8 Å². The highest BCUT2D eigenvalue weighted by Crippen LogP contribution is 2.54. The van der Waals surface area contributed by atoms with Crippen LogP contribution >= 0.6 is 0 Å². The summed E-state index contributed by atoms with van der Waals surface area (Å²) in [6, 6.07) is 21.3. The molecule has 9 rings (SSSR count). The molecule has 0 bridgehead atoms. The summed E-state index contributed by atoms with van der Waals surface area (Å²) < 4.78 is 32.0. The van der Waals surface area contributed by atoms with Gasteiger partial charge in [0.1, 0.15) is 17.2 Å². The fourth-order valence-corrected chi connectivity index (χ4v) is 10.2. The molecular weight excluding hydrogens is 762 g/mol. The van der Waals surface area contributed by atoms with Crippen molar-refractivity contribution in [1.29, 1.82) is 0 Å². The van der Waals surface area contributed by atoms with Crippen LogP contribution in [0.5, 0.6) is 23.3 Å². The van der Waals surface area contributed by atoms with Crippen molar-refractivity contribution < 1.29 is 28.6 Å². The average Bonchev–Trinajstić information content (AvgIpc) is 4.06. The number of nitrogens with zero attached hydrogens (tertiary/aromatic N) is 5. The summed E-state index contributed by atoms with van der Waals surface area (Å²) in [5.74, 6) is 1.08. The standard InChI is InChI=1S/C47H56FN7O5/c1-28(2)33-8-6-7-9-35(33)40-27-54(29(3)39-15-14-34(30-10-11-30)45(50-39)58-4)20-21-55(40)32-24-47(25-32)16-18-53(19-17-47)31-12-13-36(44(56)52-57)41(22-31)60-42-23-37-38(48)26-49-43(37)51-46(42)59-5/h6-9,12-15,22-23,26,28-30,32,40,57H,10-11,16-21,24-25,27H2,1-5H3,(H,49,51)(H,52,56)/t29-,40+/m1/s1. The highest BCUT2D eigenvalue weighted by Gasteiger charge is 2.50. The van der Waals surface area contributed by atoms with E-state index in [0.717, 1.165) is 62.8 Å². The van der Waals surface area contributed by atoms with Crippen LogP contribution in [0.3, 0.4) is 0 Å². The van der Waals surface area contributed by atoms with E-state index < -0.39 is 11.7 Å². The predicted molar refractivity (Wildman–Crippen MR) is 228 cm³/mol. The fourth-order valence-electron chi connectivity index (χ4n) is 10.2. The molecule has 2 saturated carbocycles. The second-order valence-electron chi connectivity index (χ2n) is 17.6. The number of aromatic amines is 1. The minimum atomic E-state index is -0.723. The van der Waals surface area contributed by atoms with Gasteiger partial charge in [0.05, 0.1) is 30.9 Å². The molecular formula is C47H56FN7O5. The van der Waals surface area contributed by atoms with Crippen molar-refractivity contribution in [1.82, 2.24) is 30.2 Å². The summed E-state index contributed by atoms with van der Waals surface area (Å²) in [6.07, 6.45) is 8.13. The second-order valence-corrected chi connectivity index (χ2v) is 17.6. The van der Waals surface area contributed by atoms with Crippen LogP contribution in [-0.2, 0) is 0 Å². The number of piperazine rings is 1. The third-order valence-electron chi connectivity index (χ3n) is 13.8. The molecule has 0 unspecified atom stereocenters. The number of carbonyl (C=O) groups is 1. The number of hydroxylamine groups is 1. The molecule has 2 aliphatic carbocycles. The quantitative estimate of drug-likeness (QED) is 0.0830. The van der Waals surface area contributed by atoms with Gasteiger partial charge in [0.15, 0.2) is 5.75 Å². The monoisotopic (exact) mass is 817 g/mol. The van der Waals surface area contributed by atoms with Gasteiger partial charge >= 0.3 is 0 Å². The lowest BCUT2D eigenvalue weighted by Gasteiger charge is -2.58. The van der Waals surface area contributed by atoms with E-state index in [0.29, 0.717) is 23.5 Å². The summed E-state index contributed by atoms with van der Waals surface area (Å²) in [4.78, 5) is 32.7. The van der Waals surface area contributed by atoms with E-state index in [1.54, 1.807) is 24.7 Å². The molecule has 2 saturated heterocycles. The van der Waals surface area contributed by atoms with Crippen LogP contribution in [0.2, 0.25) is 0 Å². The molecule has 13 heteroatoms. The van der Waals surface area contributed by atoms with Crippen molar-refractivity contribution >= 4 is 22.6 Å². The van der Waals surface area contributed by atoms with Crippen LogP contribution in [0.25, 0.3) is 11.0 Å². The van der Waals surface area contributed by atoms with Crippen LogP contribution in [0.4, 0.5) is 10.1 Å². The maximum Gasteiger partial charge on any atom is 0.278 e. The van der Waals surface area contributed by atoms with Crippen LogP contribution in [0.15, 0.2) is 66.9 Å². The number of anilines is 1. The number of halogens is 1. The molecule has 12 nitrogen and oxygen atoms in total. The van der Waals surface area contributed by atoms with E-state index in [9.17, 15) is 14.4 Å². The van der Waals surface area contributed by atoms with Gasteiger partial charge < -0.3 is 24.1 Å². The Morgan fingerprint density at radius 1 is 0.917 bits per heavy atom. The first-order valence-corrected chi connectivity index (χ1v) is 21.4. The van der Waals surface area contributed by atoms with Crippen LogP contribution in [0.1, 0.15) is 116 Å². The largest absolute Gasteiger partial charge is 0.481 e. The van der Waals surface area contributed by atoms with Gasteiger partial charge in [-0.3, -0.25) is 19.8 Å². The topological polar surface area (TPSA) is 128 Å². The smallest absolute Gasteiger partial charge is 0.278 e. The van der Waals surface area contributed by atoms with Crippen molar-refractivity contribution in [3.05, 3.63) is 101 Å². The average molecular weight is 818 g/mol. The predicted octanol–water partition coefficient (Wildman–Crippen LogP) is 8.90. The number of hydrogen-bond donors (Lipinski definition) is 3. The van der Waals surface area contributed by atoms with E-state index in [2.05, 4.69) is 81.8 Å². The fraction of sp³-hybridized carbons (Fsp3) is 0.468. The maximum absolute atomic E-state index is 14.5. The number of amides is 1. The molecule has 2 aliphatic heterocycles. The van der Waals surface area contributed by atoms with E-state index >= 15 is 0 Å².